The van der Waals surface area contributed by atoms with Crippen molar-refractivity contribution >= 4 is 22.5 Å². The maximum absolute atomic E-state index is 11.3. The van der Waals surface area contributed by atoms with Crippen LogP contribution in [0.25, 0.3) is 0 Å². The van der Waals surface area contributed by atoms with Crippen LogP contribution in [0.5, 0.6) is 0 Å². The van der Waals surface area contributed by atoms with Crippen molar-refractivity contribution in [3.63, 3.8) is 0 Å². The number of urea groups is 1. The van der Waals surface area contributed by atoms with Crippen molar-refractivity contribution in [3.05, 3.63) is 11.6 Å². The predicted molar refractivity (Wildman–Crippen MR) is 56.4 cm³/mol. The highest BCUT2D eigenvalue weighted by Gasteiger charge is 2.32. The van der Waals surface area contributed by atoms with E-state index in [1.807, 2.05) is 5.38 Å². The molecule has 1 aromatic heterocycles. The van der Waals surface area contributed by atoms with Gasteiger partial charge in [-0.05, 0) is 18.3 Å². The smallest absolute Gasteiger partial charge is 0.321 e. The van der Waals surface area contributed by atoms with Gasteiger partial charge in [0, 0.05) is 18.1 Å². The summed E-state index contributed by atoms with van der Waals surface area (Å²) in [5.41, 5.74) is 0. The fourth-order valence-corrected chi connectivity index (χ4v) is 1.86. The van der Waals surface area contributed by atoms with Gasteiger partial charge in [-0.1, -0.05) is 6.92 Å². The highest BCUT2D eigenvalue weighted by atomic mass is 32.1. The molecule has 2 rings (SSSR count). The first-order valence-corrected chi connectivity index (χ1v) is 5.58. The lowest BCUT2D eigenvalue weighted by atomic mass is 10.3. The molecule has 0 saturated heterocycles. The average molecular weight is 211 g/mol. The zero-order valence-electron chi connectivity index (χ0n) is 7.99. The van der Waals surface area contributed by atoms with Crippen LogP contribution in [-0.2, 0) is 0 Å². The second-order valence-corrected chi connectivity index (χ2v) is 4.54. The first-order valence-electron chi connectivity index (χ1n) is 4.70. The molecule has 1 aliphatic rings. The van der Waals surface area contributed by atoms with Crippen molar-refractivity contribution in [2.24, 2.45) is 11.8 Å². The number of hydrogen-bond donors (Lipinski definition) is 2. The maximum atomic E-state index is 11.3. The standard InChI is InChI=1S/C9H13N3OS/c1-6-4-7(6)5-11-8(13)12-9-10-2-3-14-9/h2-3,6-7H,4-5H2,1H3,(H2,10,11,12,13)/t6-,7-/m1/s1. The lowest BCUT2D eigenvalue weighted by molar-refractivity contribution is 0.251. The third kappa shape index (κ3) is 2.45. The Morgan fingerprint density at radius 3 is 3.14 bits per heavy atom. The van der Waals surface area contributed by atoms with Crippen molar-refractivity contribution < 1.29 is 4.79 Å². The minimum Gasteiger partial charge on any atom is -0.338 e. The minimum absolute atomic E-state index is 0.154. The Morgan fingerprint density at radius 1 is 1.79 bits per heavy atom. The van der Waals surface area contributed by atoms with Gasteiger partial charge in [0.1, 0.15) is 0 Å². The van der Waals surface area contributed by atoms with Crippen LogP contribution >= 0.6 is 11.3 Å². The molecule has 4 nitrogen and oxygen atoms in total. The van der Waals surface area contributed by atoms with E-state index >= 15 is 0 Å². The summed E-state index contributed by atoms with van der Waals surface area (Å²) in [4.78, 5) is 15.3. The minimum atomic E-state index is -0.154. The Kier molecular flexibility index (Phi) is 2.67. The molecule has 2 N–H and O–H groups in total. The first-order chi connectivity index (χ1) is 6.75. The summed E-state index contributed by atoms with van der Waals surface area (Å²) in [5.74, 6) is 1.45. The van der Waals surface area contributed by atoms with Gasteiger partial charge in [-0.2, -0.15) is 0 Å². The Labute approximate surface area is 86.7 Å². The van der Waals surface area contributed by atoms with Gasteiger partial charge in [0.15, 0.2) is 5.13 Å². The molecule has 5 heteroatoms. The largest absolute Gasteiger partial charge is 0.338 e. The lowest BCUT2D eigenvalue weighted by Gasteiger charge is -2.03. The van der Waals surface area contributed by atoms with Crippen molar-refractivity contribution in [1.82, 2.24) is 10.3 Å². The maximum Gasteiger partial charge on any atom is 0.321 e. The molecule has 0 aliphatic heterocycles. The molecular formula is C9H13N3OS. The normalized spacial score (nSPS) is 24.4. The third-order valence-corrected chi connectivity index (χ3v) is 3.14. The van der Waals surface area contributed by atoms with E-state index in [0.29, 0.717) is 11.0 Å². The molecule has 1 saturated carbocycles. The van der Waals surface area contributed by atoms with E-state index < -0.39 is 0 Å². The number of hydrogen-bond acceptors (Lipinski definition) is 3. The zero-order chi connectivity index (χ0) is 9.97. The molecule has 1 aromatic rings. The molecule has 1 aliphatic carbocycles. The summed E-state index contributed by atoms with van der Waals surface area (Å²) in [6.07, 6.45) is 2.90. The van der Waals surface area contributed by atoms with Gasteiger partial charge in [-0.15, -0.1) is 11.3 Å². The monoisotopic (exact) mass is 211 g/mol. The topological polar surface area (TPSA) is 54.0 Å². The van der Waals surface area contributed by atoms with Crippen molar-refractivity contribution in [3.8, 4) is 0 Å². The van der Waals surface area contributed by atoms with Crippen LogP contribution in [-0.4, -0.2) is 17.6 Å². The van der Waals surface area contributed by atoms with E-state index in [2.05, 4.69) is 22.5 Å². The average Bonchev–Trinajstić information content (AvgIpc) is 2.65. The van der Waals surface area contributed by atoms with Gasteiger partial charge in [0.2, 0.25) is 0 Å². The molecule has 1 heterocycles. The Morgan fingerprint density at radius 2 is 2.57 bits per heavy atom. The van der Waals surface area contributed by atoms with Crippen LogP contribution in [0.1, 0.15) is 13.3 Å². The van der Waals surface area contributed by atoms with Crippen LogP contribution in [0.3, 0.4) is 0 Å². The van der Waals surface area contributed by atoms with Crippen LogP contribution in [0.15, 0.2) is 11.6 Å². The molecule has 0 aromatic carbocycles. The van der Waals surface area contributed by atoms with E-state index in [0.717, 1.165) is 12.5 Å². The molecule has 0 bridgehead atoms. The third-order valence-electron chi connectivity index (χ3n) is 2.45. The second kappa shape index (κ2) is 3.96. The van der Waals surface area contributed by atoms with Crippen molar-refractivity contribution in [2.45, 2.75) is 13.3 Å². The number of rotatable bonds is 3. The Hall–Kier alpha value is -1.10. The number of nitrogens with one attached hydrogen (secondary N) is 2. The molecule has 76 valence electrons. The van der Waals surface area contributed by atoms with Gasteiger partial charge in [-0.3, -0.25) is 5.32 Å². The molecule has 2 amide bonds. The molecule has 2 atom stereocenters. The number of thiazole rings is 1. The van der Waals surface area contributed by atoms with E-state index in [1.54, 1.807) is 6.20 Å². The zero-order valence-corrected chi connectivity index (χ0v) is 8.80. The summed E-state index contributed by atoms with van der Waals surface area (Å²) in [7, 11) is 0. The van der Waals surface area contributed by atoms with Crippen LogP contribution < -0.4 is 10.6 Å². The van der Waals surface area contributed by atoms with Crippen molar-refractivity contribution in [1.29, 1.82) is 0 Å². The SMILES string of the molecule is C[C@@H]1C[C@@H]1CNC(=O)Nc1nccs1. The fourth-order valence-electron chi connectivity index (χ4n) is 1.33. The number of carbonyl (C=O) groups excluding carboxylic acids is 1. The molecule has 0 spiro atoms. The van der Waals surface area contributed by atoms with E-state index in [4.69, 9.17) is 0 Å². The van der Waals surface area contributed by atoms with Crippen molar-refractivity contribution in [2.75, 3.05) is 11.9 Å². The van der Waals surface area contributed by atoms with Gasteiger partial charge >= 0.3 is 6.03 Å². The molecule has 0 radical (unpaired) electrons. The van der Waals surface area contributed by atoms with Crippen LogP contribution in [0.4, 0.5) is 9.93 Å². The van der Waals surface area contributed by atoms with Gasteiger partial charge in [-0.25, -0.2) is 9.78 Å². The Balaban J connectivity index is 1.69. The van der Waals surface area contributed by atoms with E-state index in [1.165, 1.54) is 17.8 Å². The van der Waals surface area contributed by atoms with Gasteiger partial charge in [0.05, 0.1) is 0 Å². The number of anilines is 1. The molecule has 0 unspecified atom stereocenters. The summed E-state index contributed by atoms with van der Waals surface area (Å²) in [5, 5.41) is 7.98. The number of nitrogens with zero attached hydrogens (tertiary/aromatic N) is 1. The van der Waals surface area contributed by atoms with E-state index in [9.17, 15) is 4.79 Å². The Bertz CT molecular complexity index is 312. The number of amides is 2. The quantitative estimate of drug-likeness (QED) is 0.802. The second-order valence-electron chi connectivity index (χ2n) is 3.65. The fraction of sp³-hybridized carbons (Fsp3) is 0.556. The van der Waals surface area contributed by atoms with Gasteiger partial charge in [0.25, 0.3) is 0 Å². The highest BCUT2D eigenvalue weighted by molar-refractivity contribution is 7.13. The number of aromatic nitrogens is 1. The van der Waals surface area contributed by atoms with Crippen LogP contribution in [0.2, 0.25) is 0 Å². The first kappa shape index (κ1) is 9.45. The highest BCUT2D eigenvalue weighted by Crippen LogP contribution is 2.36. The molecule has 14 heavy (non-hydrogen) atoms. The molecule has 1 fully saturated rings. The lowest BCUT2D eigenvalue weighted by Crippen LogP contribution is -2.30. The number of carbonyl (C=O) groups is 1. The van der Waals surface area contributed by atoms with Gasteiger partial charge < -0.3 is 5.32 Å². The predicted octanol–water partition coefficient (Wildman–Crippen LogP) is 1.92. The van der Waals surface area contributed by atoms with Crippen LogP contribution in [0, 0.1) is 11.8 Å². The van der Waals surface area contributed by atoms with E-state index in [-0.39, 0.29) is 6.03 Å². The summed E-state index contributed by atoms with van der Waals surface area (Å²) >= 11 is 1.42. The molecular weight excluding hydrogens is 198 g/mol. The summed E-state index contributed by atoms with van der Waals surface area (Å²) in [6, 6.07) is -0.154. The summed E-state index contributed by atoms with van der Waals surface area (Å²) in [6.45, 7) is 2.98. The summed E-state index contributed by atoms with van der Waals surface area (Å²) < 4.78 is 0.